The molecule has 2 unspecified atom stereocenters. The van der Waals surface area contributed by atoms with Crippen LogP contribution in [0.4, 0.5) is 8.78 Å². The van der Waals surface area contributed by atoms with E-state index < -0.39 is 34.1 Å². The molecule has 2 atom stereocenters. The van der Waals surface area contributed by atoms with Crippen LogP contribution >= 0.6 is 0 Å². The Morgan fingerprint density at radius 2 is 1.74 bits per heavy atom. The lowest BCUT2D eigenvalue weighted by molar-refractivity contribution is -0.130. The highest BCUT2D eigenvalue weighted by atomic mass is 32.2. The van der Waals surface area contributed by atoms with Crippen molar-refractivity contribution in [2.24, 2.45) is 5.92 Å². The average Bonchev–Trinajstić information content (AvgIpc) is 2.83. The Bertz CT molecular complexity index is 700. The molecule has 4 nitrogen and oxygen atoms in total. The van der Waals surface area contributed by atoms with Crippen LogP contribution in [0.1, 0.15) is 25.3 Å². The van der Waals surface area contributed by atoms with Gasteiger partial charge in [-0.2, -0.15) is 0 Å². The average molecular weight is 344 g/mol. The largest absolute Gasteiger partial charge is 0.478 e. The summed E-state index contributed by atoms with van der Waals surface area (Å²) in [6.07, 6.45) is -1.86. The first-order chi connectivity index (χ1) is 10.7. The second kappa shape index (κ2) is 6.78. The van der Waals surface area contributed by atoms with Crippen LogP contribution in [-0.4, -0.2) is 37.6 Å². The SMILES string of the molecule is CCS(=O)(=O)c1ccc(/C(=C\C2CC(F)C(F)C2)C(=O)O)cc1. The molecule has 1 fully saturated rings. The Kier molecular flexibility index (Phi) is 5.19. The number of halogens is 2. The summed E-state index contributed by atoms with van der Waals surface area (Å²) in [4.78, 5) is 11.5. The molecule has 23 heavy (non-hydrogen) atoms. The van der Waals surface area contributed by atoms with E-state index in [-0.39, 0.29) is 29.1 Å². The number of hydrogen-bond donors (Lipinski definition) is 1. The van der Waals surface area contributed by atoms with Gasteiger partial charge in [-0.15, -0.1) is 0 Å². The molecule has 1 aromatic rings. The lowest BCUT2D eigenvalue weighted by Gasteiger charge is -2.08. The van der Waals surface area contributed by atoms with E-state index in [9.17, 15) is 27.1 Å². The fourth-order valence-corrected chi connectivity index (χ4v) is 3.53. The molecule has 2 rings (SSSR count). The van der Waals surface area contributed by atoms with Crippen molar-refractivity contribution in [1.82, 2.24) is 0 Å². The fraction of sp³-hybridized carbons (Fsp3) is 0.438. The van der Waals surface area contributed by atoms with Gasteiger partial charge in [0.25, 0.3) is 0 Å². The number of alkyl halides is 2. The van der Waals surface area contributed by atoms with E-state index in [2.05, 4.69) is 0 Å². The van der Waals surface area contributed by atoms with Crippen molar-refractivity contribution in [3.05, 3.63) is 35.9 Å². The van der Waals surface area contributed by atoms with Gasteiger partial charge in [0.15, 0.2) is 9.84 Å². The van der Waals surface area contributed by atoms with Crippen LogP contribution in [-0.2, 0) is 14.6 Å². The number of sulfone groups is 1. The molecule has 7 heteroatoms. The molecule has 1 aliphatic carbocycles. The molecule has 0 radical (unpaired) electrons. The summed E-state index contributed by atoms with van der Waals surface area (Å²) in [5, 5.41) is 9.32. The Labute approximate surface area is 133 Å². The van der Waals surface area contributed by atoms with Gasteiger partial charge in [-0.25, -0.2) is 22.0 Å². The van der Waals surface area contributed by atoms with Gasteiger partial charge < -0.3 is 5.11 Å². The highest BCUT2D eigenvalue weighted by Crippen LogP contribution is 2.33. The normalized spacial score (nSPS) is 25.5. The first-order valence-electron chi connectivity index (χ1n) is 7.31. The Hall–Kier alpha value is -1.76. The number of benzene rings is 1. The van der Waals surface area contributed by atoms with E-state index in [0.717, 1.165) is 0 Å². The molecular weight excluding hydrogens is 326 g/mol. The minimum Gasteiger partial charge on any atom is -0.478 e. The quantitative estimate of drug-likeness (QED) is 0.834. The zero-order chi connectivity index (χ0) is 17.2. The van der Waals surface area contributed by atoms with Crippen LogP contribution in [0, 0.1) is 5.92 Å². The summed E-state index contributed by atoms with van der Waals surface area (Å²) < 4.78 is 50.0. The molecule has 0 amide bonds. The predicted octanol–water partition coefficient (Wildman–Crippen LogP) is 3.03. The van der Waals surface area contributed by atoms with Gasteiger partial charge in [-0.05, 0) is 36.5 Å². The highest BCUT2D eigenvalue weighted by molar-refractivity contribution is 7.91. The molecule has 0 aromatic heterocycles. The second-order valence-corrected chi connectivity index (χ2v) is 7.86. The number of carboxylic acids is 1. The van der Waals surface area contributed by atoms with Crippen LogP contribution < -0.4 is 0 Å². The number of allylic oxidation sites excluding steroid dienone is 1. The van der Waals surface area contributed by atoms with Crippen molar-refractivity contribution in [1.29, 1.82) is 0 Å². The van der Waals surface area contributed by atoms with E-state index in [1.807, 2.05) is 0 Å². The van der Waals surface area contributed by atoms with Gasteiger partial charge in [0, 0.05) is 0 Å². The lowest BCUT2D eigenvalue weighted by atomic mass is 9.99. The van der Waals surface area contributed by atoms with Gasteiger partial charge in [0.05, 0.1) is 16.2 Å². The molecule has 0 bridgehead atoms. The molecule has 1 N–H and O–H groups in total. The number of hydrogen-bond acceptors (Lipinski definition) is 3. The third kappa shape index (κ3) is 3.96. The van der Waals surface area contributed by atoms with Crippen LogP contribution in [0.15, 0.2) is 35.2 Å². The third-order valence-electron chi connectivity index (χ3n) is 3.99. The van der Waals surface area contributed by atoms with E-state index in [4.69, 9.17) is 0 Å². The zero-order valence-corrected chi connectivity index (χ0v) is 13.4. The number of carboxylic acid groups (broad SMARTS) is 1. The summed E-state index contributed by atoms with van der Waals surface area (Å²) in [5.41, 5.74) is 0.238. The first kappa shape index (κ1) is 17.6. The zero-order valence-electron chi connectivity index (χ0n) is 12.6. The standard InChI is InChI=1S/C16H18F2O4S/c1-2-23(21,22)12-5-3-11(4-6-12)13(16(19)20)7-10-8-14(17)15(18)9-10/h3-7,10,14-15H,2,8-9H2,1H3,(H,19,20)/b13-7+. The van der Waals surface area contributed by atoms with Crippen LogP contribution in [0.5, 0.6) is 0 Å². The van der Waals surface area contributed by atoms with Crippen molar-refractivity contribution in [3.8, 4) is 0 Å². The maximum atomic E-state index is 13.2. The van der Waals surface area contributed by atoms with Crippen LogP contribution in [0.25, 0.3) is 5.57 Å². The predicted molar refractivity (Wildman–Crippen MR) is 82.3 cm³/mol. The minimum absolute atomic E-state index is 0.0414. The lowest BCUT2D eigenvalue weighted by Crippen LogP contribution is -2.06. The summed E-state index contributed by atoms with van der Waals surface area (Å²) in [7, 11) is -3.36. The Balaban J connectivity index is 2.30. The Morgan fingerprint density at radius 3 is 2.17 bits per heavy atom. The number of rotatable bonds is 5. The number of aliphatic carboxylic acids is 1. The monoisotopic (exact) mass is 344 g/mol. The van der Waals surface area contributed by atoms with Crippen LogP contribution in [0.2, 0.25) is 0 Å². The van der Waals surface area contributed by atoms with Crippen LogP contribution in [0.3, 0.4) is 0 Å². The molecule has 0 saturated heterocycles. The summed E-state index contributed by atoms with van der Waals surface area (Å²) in [5.74, 6) is -1.75. The third-order valence-corrected chi connectivity index (χ3v) is 5.74. The molecule has 1 aliphatic rings. The summed E-state index contributed by atoms with van der Waals surface area (Å²) in [6.45, 7) is 1.52. The smallest absolute Gasteiger partial charge is 0.335 e. The van der Waals surface area contributed by atoms with Gasteiger partial charge in [0.1, 0.15) is 12.3 Å². The molecule has 1 saturated carbocycles. The van der Waals surface area contributed by atoms with Gasteiger partial charge in [-0.1, -0.05) is 25.1 Å². The maximum absolute atomic E-state index is 13.2. The van der Waals surface area contributed by atoms with Gasteiger partial charge in [-0.3, -0.25) is 0 Å². The summed E-state index contributed by atoms with van der Waals surface area (Å²) >= 11 is 0. The maximum Gasteiger partial charge on any atom is 0.335 e. The molecule has 1 aromatic carbocycles. The molecule has 0 aliphatic heterocycles. The highest BCUT2D eigenvalue weighted by Gasteiger charge is 2.34. The summed E-state index contributed by atoms with van der Waals surface area (Å²) in [6, 6.07) is 5.49. The number of carbonyl (C=O) groups is 1. The van der Waals surface area contributed by atoms with Crippen molar-refractivity contribution >= 4 is 21.4 Å². The van der Waals surface area contributed by atoms with Crippen molar-refractivity contribution in [2.45, 2.75) is 37.0 Å². The van der Waals surface area contributed by atoms with Gasteiger partial charge in [0.2, 0.25) is 0 Å². The van der Waals surface area contributed by atoms with Gasteiger partial charge >= 0.3 is 5.97 Å². The molecule has 0 heterocycles. The second-order valence-electron chi connectivity index (χ2n) is 5.58. The topological polar surface area (TPSA) is 71.4 Å². The first-order valence-corrected chi connectivity index (χ1v) is 8.96. The molecule has 0 spiro atoms. The Morgan fingerprint density at radius 1 is 1.22 bits per heavy atom. The van der Waals surface area contributed by atoms with E-state index in [1.54, 1.807) is 0 Å². The molecule has 126 valence electrons. The van der Waals surface area contributed by atoms with E-state index in [0.29, 0.717) is 5.56 Å². The van der Waals surface area contributed by atoms with Crippen molar-refractivity contribution < 1.29 is 27.1 Å². The van der Waals surface area contributed by atoms with Crippen molar-refractivity contribution in [3.63, 3.8) is 0 Å². The minimum atomic E-state index is -3.36. The van der Waals surface area contributed by atoms with E-state index in [1.165, 1.54) is 37.3 Å². The van der Waals surface area contributed by atoms with Crippen molar-refractivity contribution in [2.75, 3.05) is 5.75 Å². The molecular formula is C16H18F2O4S. The fourth-order valence-electron chi connectivity index (χ4n) is 2.64. The van der Waals surface area contributed by atoms with E-state index >= 15 is 0 Å².